The van der Waals surface area contributed by atoms with E-state index in [1.807, 2.05) is 6.07 Å². The summed E-state index contributed by atoms with van der Waals surface area (Å²) in [6, 6.07) is 5.42. The molecule has 0 atom stereocenters. The second kappa shape index (κ2) is 4.23. The number of aromatic amines is 1. The lowest BCUT2D eigenvalue weighted by atomic mass is 10.2. The molecule has 0 radical (unpaired) electrons. The van der Waals surface area contributed by atoms with E-state index >= 15 is 0 Å². The number of benzene rings is 1. The Morgan fingerprint density at radius 2 is 1.91 bits per heavy atom. The van der Waals surface area contributed by atoms with Crippen molar-refractivity contribution in [2.45, 2.75) is 0 Å². The molecule has 8 nitrogen and oxygen atoms in total. The molecule has 3 heterocycles. The number of aryl methyl sites for hydroxylation is 1. The third-order valence-electron chi connectivity index (χ3n) is 3.76. The van der Waals surface area contributed by atoms with Crippen LogP contribution < -0.4 is 20.7 Å². The molecule has 2 aromatic heterocycles. The summed E-state index contributed by atoms with van der Waals surface area (Å²) in [5.41, 5.74) is 0.475. The highest BCUT2D eigenvalue weighted by Crippen LogP contribution is 2.35. The van der Waals surface area contributed by atoms with Gasteiger partial charge in [-0.15, -0.1) is 0 Å². The average Bonchev–Trinajstić information content (AvgIpc) is 3.10. The van der Waals surface area contributed by atoms with Gasteiger partial charge in [0.1, 0.15) is 11.5 Å². The molecule has 1 N–H and O–H groups in total. The van der Waals surface area contributed by atoms with Crippen LogP contribution in [0.25, 0.3) is 22.6 Å². The van der Waals surface area contributed by atoms with E-state index in [4.69, 9.17) is 9.47 Å². The van der Waals surface area contributed by atoms with Gasteiger partial charge in [-0.1, -0.05) is 0 Å². The molecule has 112 valence electrons. The first-order chi connectivity index (χ1) is 10.6. The Balaban J connectivity index is 2.00. The molecule has 0 fully saturated rings. The highest BCUT2D eigenvalue weighted by Gasteiger charge is 2.18. The van der Waals surface area contributed by atoms with Gasteiger partial charge in [0.15, 0.2) is 17.0 Å². The zero-order valence-electron chi connectivity index (χ0n) is 11.9. The second-order valence-corrected chi connectivity index (χ2v) is 5.05. The van der Waals surface area contributed by atoms with E-state index in [0.717, 1.165) is 10.1 Å². The summed E-state index contributed by atoms with van der Waals surface area (Å²) in [4.78, 5) is 30.9. The fourth-order valence-electron chi connectivity index (χ4n) is 2.52. The van der Waals surface area contributed by atoms with Gasteiger partial charge in [0.25, 0.3) is 5.56 Å². The molecule has 1 aromatic carbocycles. The van der Waals surface area contributed by atoms with Gasteiger partial charge in [-0.05, 0) is 18.2 Å². The summed E-state index contributed by atoms with van der Waals surface area (Å²) in [5, 5.41) is 0. The van der Waals surface area contributed by atoms with E-state index in [0.29, 0.717) is 23.0 Å². The second-order valence-electron chi connectivity index (χ2n) is 5.05. The van der Waals surface area contributed by atoms with E-state index in [1.165, 1.54) is 7.05 Å². The summed E-state index contributed by atoms with van der Waals surface area (Å²) in [7, 11) is 3.15. The van der Waals surface area contributed by atoms with Crippen molar-refractivity contribution in [1.82, 2.24) is 19.1 Å². The zero-order chi connectivity index (χ0) is 15.4. The molecular formula is C14H12N4O4. The highest BCUT2D eigenvalue weighted by atomic mass is 16.7. The molecule has 22 heavy (non-hydrogen) atoms. The fraction of sp³-hybridized carbons (Fsp3) is 0.214. The third kappa shape index (κ3) is 1.60. The monoisotopic (exact) mass is 300 g/mol. The van der Waals surface area contributed by atoms with Crippen LogP contribution in [-0.4, -0.2) is 25.9 Å². The van der Waals surface area contributed by atoms with Crippen LogP contribution in [0.15, 0.2) is 27.8 Å². The van der Waals surface area contributed by atoms with Crippen LogP contribution in [0, 0.1) is 0 Å². The lowest BCUT2D eigenvalue weighted by molar-refractivity contribution is 0.174. The van der Waals surface area contributed by atoms with Gasteiger partial charge in [-0.25, -0.2) is 9.78 Å². The van der Waals surface area contributed by atoms with Crippen LogP contribution in [0.3, 0.4) is 0 Å². The quantitative estimate of drug-likeness (QED) is 0.700. The molecule has 1 aliphatic heterocycles. The first-order valence-electron chi connectivity index (χ1n) is 6.62. The van der Waals surface area contributed by atoms with Crippen LogP contribution in [0.4, 0.5) is 0 Å². The van der Waals surface area contributed by atoms with Crippen molar-refractivity contribution >= 4 is 11.2 Å². The normalized spacial score (nSPS) is 13.0. The van der Waals surface area contributed by atoms with Gasteiger partial charge < -0.3 is 14.0 Å². The predicted octanol–water partition coefficient (Wildman–Crippen LogP) is 0.356. The Kier molecular flexibility index (Phi) is 2.44. The SMILES string of the molecule is Cn1c(=O)[nH]c2c(nc(-c3ccc4c(c3)OCO4)n2C)c1=O. The van der Waals surface area contributed by atoms with Gasteiger partial charge >= 0.3 is 5.69 Å². The molecular weight excluding hydrogens is 288 g/mol. The first-order valence-corrected chi connectivity index (χ1v) is 6.62. The lowest BCUT2D eigenvalue weighted by Crippen LogP contribution is -2.32. The van der Waals surface area contributed by atoms with Gasteiger partial charge in [-0.3, -0.25) is 14.3 Å². The van der Waals surface area contributed by atoms with Gasteiger partial charge in [0, 0.05) is 19.7 Å². The van der Waals surface area contributed by atoms with Crippen LogP contribution in [0.2, 0.25) is 0 Å². The van der Waals surface area contributed by atoms with Gasteiger partial charge in [-0.2, -0.15) is 0 Å². The number of rotatable bonds is 1. The maximum atomic E-state index is 12.2. The molecule has 0 saturated carbocycles. The largest absolute Gasteiger partial charge is 0.454 e. The van der Waals surface area contributed by atoms with E-state index in [2.05, 4.69) is 9.97 Å². The number of ether oxygens (including phenoxy) is 2. The zero-order valence-corrected chi connectivity index (χ0v) is 11.9. The number of hydrogen-bond donors (Lipinski definition) is 1. The van der Waals surface area contributed by atoms with E-state index in [1.54, 1.807) is 23.7 Å². The summed E-state index contributed by atoms with van der Waals surface area (Å²) < 4.78 is 13.3. The van der Waals surface area contributed by atoms with E-state index in [9.17, 15) is 9.59 Å². The van der Waals surface area contributed by atoms with Crippen molar-refractivity contribution in [3.05, 3.63) is 39.0 Å². The molecule has 1 aliphatic rings. The number of imidazole rings is 1. The number of nitrogens with one attached hydrogen (secondary N) is 1. The Morgan fingerprint density at radius 3 is 2.73 bits per heavy atom. The first kappa shape index (κ1) is 12.7. The summed E-state index contributed by atoms with van der Waals surface area (Å²) >= 11 is 0. The molecule has 0 saturated heterocycles. The number of nitrogens with zero attached hydrogens (tertiary/aromatic N) is 3. The topological polar surface area (TPSA) is 91.1 Å². The minimum Gasteiger partial charge on any atom is -0.454 e. The third-order valence-corrected chi connectivity index (χ3v) is 3.76. The Bertz CT molecular complexity index is 1030. The predicted molar refractivity (Wildman–Crippen MR) is 78.1 cm³/mol. The minimum absolute atomic E-state index is 0.190. The van der Waals surface area contributed by atoms with Crippen molar-refractivity contribution in [2.75, 3.05) is 6.79 Å². The summed E-state index contributed by atoms with van der Waals surface area (Å²) in [6.45, 7) is 0.190. The fourth-order valence-corrected chi connectivity index (χ4v) is 2.52. The van der Waals surface area contributed by atoms with Crippen molar-refractivity contribution in [3.8, 4) is 22.9 Å². The smallest absolute Gasteiger partial charge is 0.329 e. The molecule has 0 unspecified atom stereocenters. The van der Waals surface area contributed by atoms with Gasteiger partial charge in [0.2, 0.25) is 6.79 Å². The maximum absolute atomic E-state index is 12.2. The number of fused-ring (bicyclic) bond motifs is 2. The summed E-state index contributed by atoms with van der Waals surface area (Å²) in [5.74, 6) is 1.87. The van der Waals surface area contributed by atoms with Crippen LogP contribution in [0.1, 0.15) is 0 Å². The van der Waals surface area contributed by atoms with Crippen molar-refractivity contribution in [3.63, 3.8) is 0 Å². The van der Waals surface area contributed by atoms with Gasteiger partial charge in [0.05, 0.1) is 0 Å². The Morgan fingerprint density at radius 1 is 1.14 bits per heavy atom. The average molecular weight is 300 g/mol. The molecule has 0 aliphatic carbocycles. The molecule has 0 spiro atoms. The molecule has 0 amide bonds. The van der Waals surface area contributed by atoms with Crippen molar-refractivity contribution in [2.24, 2.45) is 14.1 Å². The van der Waals surface area contributed by atoms with E-state index in [-0.39, 0.29) is 12.3 Å². The van der Waals surface area contributed by atoms with Crippen LogP contribution >= 0.6 is 0 Å². The molecule has 3 aromatic rings. The molecule has 0 bridgehead atoms. The Hall–Kier alpha value is -3.03. The van der Waals surface area contributed by atoms with E-state index < -0.39 is 11.2 Å². The Labute approximate surface area is 123 Å². The standard InChI is InChI=1S/C14H12N4O4/c1-17-11(7-3-4-8-9(5-7)22-6-21-8)15-10-12(17)16-14(20)18(2)13(10)19/h3-5H,6H2,1-2H3,(H,16,20). The number of H-pyrrole nitrogens is 1. The molecule has 4 rings (SSSR count). The number of aromatic nitrogens is 4. The van der Waals surface area contributed by atoms with Crippen LogP contribution in [-0.2, 0) is 14.1 Å². The minimum atomic E-state index is -0.474. The molecule has 8 heteroatoms. The number of hydrogen-bond acceptors (Lipinski definition) is 5. The lowest BCUT2D eigenvalue weighted by Gasteiger charge is -2.03. The maximum Gasteiger partial charge on any atom is 0.329 e. The summed E-state index contributed by atoms with van der Waals surface area (Å²) in [6.07, 6.45) is 0. The van der Waals surface area contributed by atoms with Crippen LogP contribution in [0.5, 0.6) is 11.5 Å². The highest BCUT2D eigenvalue weighted by molar-refractivity contribution is 5.76. The van der Waals surface area contributed by atoms with Crippen molar-refractivity contribution in [1.29, 1.82) is 0 Å². The van der Waals surface area contributed by atoms with Crippen molar-refractivity contribution < 1.29 is 9.47 Å².